The van der Waals surface area contributed by atoms with Crippen molar-refractivity contribution in [1.82, 2.24) is 0 Å². The molecule has 1 atom stereocenters. The highest BCUT2D eigenvalue weighted by molar-refractivity contribution is 7.92. The lowest BCUT2D eigenvalue weighted by atomic mass is 10.00. The van der Waals surface area contributed by atoms with Gasteiger partial charge < -0.3 is 10.1 Å². The Kier molecular flexibility index (Phi) is 9.92. The average molecular weight is 683 g/mol. The zero-order valence-corrected chi connectivity index (χ0v) is 26.8. The number of ether oxygens (including phenoxy) is 1. The molecule has 5 rings (SSSR count). The summed E-state index contributed by atoms with van der Waals surface area (Å²) in [4.78, 5) is 37.4. The van der Waals surface area contributed by atoms with Crippen LogP contribution in [0.5, 0.6) is 0 Å². The molecule has 0 heterocycles. The number of ketones is 1. The number of rotatable bonds is 9. The Bertz CT molecular complexity index is 2260. The summed E-state index contributed by atoms with van der Waals surface area (Å²) >= 11 is 0. The summed E-state index contributed by atoms with van der Waals surface area (Å²) in [7, 11) is -7.42. The maximum Gasteiger partial charge on any atom is 0.346 e. The van der Waals surface area contributed by atoms with E-state index in [1.807, 2.05) is 6.07 Å². The number of nitrogens with zero attached hydrogens (tertiary/aromatic N) is 1. The number of anilines is 1. The molecule has 1 unspecified atom stereocenters. The molecule has 0 fully saturated rings. The Morgan fingerprint density at radius 1 is 0.812 bits per heavy atom. The monoisotopic (exact) mass is 682 g/mol. The zero-order valence-electron chi connectivity index (χ0n) is 25.1. The summed E-state index contributed by atoms with van der Waals surface area (Å²) in [6, 6.07) is 31.4. The van der Waals surface area contributed by atoms with E-state index in [0.717, 1.165) is 11.6 Å². The SMILES string of the molecule is Cc1ccc(S(=O)(=O)C(C(=O)c2cccc([N+](=O)[O-])c2)c2ccc(NC(OC(=O)c3ccccc3-c3ccccc3)=S(=O)=O)cc2)cc1. The second kappa shape index (κ2) is 14.2. The molecule has 0 aliphatic rings. The fourth-order valence-corrected chi connectivity index (χ4v) is 6.96. The molecule has 48 heavy (non-hydrogen) atoms. The van der Waals surface area contributed by atoms with E-state index < -0.39 is 47.2 Å². The number of carbonyl (C=O) groups is 2. The maximum atomic E-state index is 13.9. The quantitative estimate of drug-likeness (QED) is 0.0621. The van der Waals surface area contributed by atoms with E-state index in [-0.39, 0.29) is 33.0 Å². The van der Waals surface area contributed by atoms with E-state index in [1.165, 1.54) is 60.7 Å². The molecule has 0 saturated carbocycles. The predicted molar refractivity (Wildman–Crippen MR) is 180 cm³/mol. The zero-order chi connectivity index (χ0) is 34.4. The summed E-state index contributed by atoms with van der Waals surface area (Å²) in [5.41, 5.74) is 1.68. The van der Waals surface area contributed by atoms with Gasteiger partial charge in [-0.1, -0.05) is 90.5 Å². The fraction of sp³-hybridized carbons (Fsp3) is 0.0571. The minimum Gasteiger partial charge on any atom is -0.392 e. The number of nitrogens with one attached hydrogen (secondary N) is 1. The van der Waals surface area contributed by atoms with Crippen LogP contribution in [-0.4, -0.2) is 38.7 Å². The summed E-state index contributed by atoms with van der Waals surface area (Å²) < 4.78 is 57.2. The molecular weight excluding hydrogens is 657 g/mol. The van der Waals surface area contributed by atoms with Gasteiger partial charge in [0.15, 0.2) is 20.9 Å². The first-order chi connectivity index (χ1) is 23.0. The number of nitro groups is 1. The van der Waals surface area contributed by atoms with E-state index in [4.69, 9.17) is 4.74 Å². The molecule has 0 saturated heterocycles. The Hall–Kier alpha value is -5.92. The Morgan fingerprint density at radius 3 is 2.10 bits per heavy atom. The lowest BCUT2D eigenvalue weighted by molar-refractivity contribution is -0.384. The number of benzene rings is 5. The van der Waals surface area contributed by atoms with Gasteiger partial charge >= 0.3 is 11.1 Å². The molecule has 0 radical (unpaired) electrons. The summed E-state index contributed by atoms with van der Waals surface area (Å²) in [5.74, 6) is -1.84. The lowest BCUT2D eigenvalue weighted by Gasteiger charge is -2.18. The van der Waals surface area contributed by atoms with Crippen molar-refractivity contribution in [2.75, 3.05) is 5.32 Å². The van der Waals surface area contributed by atoms with Gasteiger partial charge in [-0.15, -0.1) is 0 Å². The van der Waals surface area contributed by atoms with E-state index >= 15 is 0 Å². The third-order valence-electron chi connectivity index (χ3n) is 7.27. The topological polar surface area (TPSA) is 167 Å². The van der Waals surface area contributed by atoms with Crippen molar-refractivity contribution in [1.29, 1.82) is 0 Å². The first kappa shape index (κ1) is 33.4. The number of nitro benzene ring substituents is 1. The van der Waals surface area contributed by atoms with Crippen LogP contribution in [0.2, 0.25) is 0 Å². The lowest BCUT2D eigenvalue weighted by Crippen LogP contribution is -2.24. The number of carbonyl (C=O) groups excluding carboxylic acids is 2. The average Bonchev–Trinajstić information content (AvgIpc) is 3.09. The van der Waals surface area contributed by atoms with Gasteiger partial charge in [-0.25, -0.2) is 13.2 Å². The highest BCUT2D eigenvalue weighted by atomic mass is 32.2. The van der Waals surface area contributed by atoms with Crippen LogP contribution in [0.25, 0.3) is 11.1 Å². The molecular formula is C35H26N2O9S2. The number of hydrogen-bond donors (Lipinski definition) is 1. The summed E-state index contributed by atoms with van der Waals surface area (Å²) in [5, 5.41) is 11.3. The highest BCUT2D eigenvalue weighted by Gasteiger charge is 2.36. The highest BCUT2D eigenvalue weighted by Crippen LogP contribution is 2.34. The van der Waals surface area contributed by atoms with Crippen molar-refractivity contribution in [3.05, 3.63) is 160 Å². The Morgan fingerprint density at radius 2 is 1.46 bits per heavy atom. The molecule has 0 spiro atoms. The van der Waals surface area contributed by atoms with Crippen LogP contribution < -0.4 is 5.32 Å². The van der Waals surface area contributed by atoms with Gasteiger partial charge in [-0.2, -0.15) is 8.42 Å². The normalized spacial score (nSPS) is 11.6. The smallest absolute Gasteiger partial charge is 0.346 e. The minimum absolute atomic E-state index is 0.0104. The largest absolute Gasteiger partial charge is 0.392 e. The molecule has 0 bridgehead atoms. The van der Waals surface area contributed by atoms with Gasteiger partial charge in [0.1, 0.15) is 0 Å². The molecule has 242 valence electrons. The number of non-ortho nitro benzene ring substituents is 1. The maximum absolute atomic E-state index is 13.9. The van der Waals surface area contributed by atoms with Crippen molar-refractivity contribution < 1.29 is 36.1 Å². The standard InChI is InChI=1S/C35H26N2O9S2/c1-23-14-20-29(21-15-23)48(44,45)33(32(38)26-10-7-11-28(22-26)37(40)41)25-16-18-27(19-17-25)36-35(47(42)43)46-34(39)31-13-6-5-12-30(31)24-8-3-2-4-9-24/h2-22,33,36H,1H3. The van der Waals surface area contributed by atoms with Crippen LogP contribution in [-0.2, 0) is 24.9 Å². The fourth-order valence-electron chi connectivity index (χ4n) is 4.89. The van der Waals surface area contributed by atoms with Crippen molar-refractivity contribution in [3.8, 4) is 11.1 Å². The predicted octanol–water partition coefficient (Wildman–Crippen LogP) is 6.20. The van der Waals surface area contributed by atoms with Crippen LogP contribution >= 0.6 is 0 Å². The van der Waals surface area contributed by atoms with Crippen LogP contribution in [0.1, 0.15) is 37.1 Å². The first-order valence-corrected chi connectivity index (χ1v) is 16.9. The molecule has 0 amide bonds. The second-order valence-corrected chi connectivity index (χ2v) is 13.4. The molecule has 0 aliphatic carbocycles. The molecule has 0 aromatic heterocycles. The van der Waals surface area contributed by atoms with Gasteiger partial charge in [0.05, 0.1) is 15.4 Å². The third kappa shape index (κ3) is 7.38. The van der Waals surface area contributed by atoms with Crippen LogP contribution in [0.15, 0.2) is 132 Å². The number of esters is 1. The molecule has 0 aliphatic heterocycles. The minimum atomic E-state index is -4.39. The van der Waals surface area contributed by atoms with E-state index in [1.54, 1.807) is 61.5 Å². The van der Waals surface area contributed by atoms with Crippen molar-refractivity contribution in [3.63, 3.8) is 0 Å². The van der Waals surface area contributed by atoms with Gasteiger partial charge in [-0.05, 0) is 53.9 Å². The number of sulfone groups is 1. The van der Waals surface area contributed by atoms with Crippen molar-refractivity contribution in [2.45, 2.75) is 17.1 Å². The molecule has 11 nitrogen and oxygen atoms in total. The number of Topliss-reactive ketones (excluding diaryl/α,β-unsaturated/α-hetero) is 1. The third-order valence-corrected chi connectivity index (χ3v) is 9.79. The van der Waals surface area contributed by atoms with Crippen LogP contribution in [0.3, 0.4) is 0 Å². The van der Waals surface area contributed by atoms with E-state index in [0.29, 0.717) is 11.1 Å². The van der Waals surface area contributed by atoms with E-state index in [9.17, 15) is 36.5 Å². The second-order valence-electron chi connectivity index (χ2n) is 10.5. The van der Waals surface area contributed by atoms with Crippen molar-refractivity contribution >= 4 is 48.4 Å². The summed E-state index contributed by atoms with van der Waals surface area (Å²) in [6.07, 6.45) is 0. The van der Waals surface area contributed by atoms with Gasteiger partial charge in [0.2, 0.25) is 0 Å². The van der Waals surface area contributed by atoms with E-state index in [2.05, 4.69) is 5.32 Å². The Labute approximate surface area is 277 Å². The van der Waals surface area contributed by atoms with Gasteiger partial charge in [0, 0.05) is 23.4 Å². The van der Waals surface area contributed by atoms with Crippen LogP contribution in [0, 0.1) is 17.0 Å². The molecule has 13 heteroatoms. The molecule has 1 N–H and O–H groups in total. The van der Waals surface area contributed by atoms with Crippen LogP contribution in [0.4, 0.5) is 11.4 Å². The number of aryl methyl sites for hydroxylation is 1. The first-order valence-electron chi connectivity index (χ1n) is 14.2. The molecule has 5 aromatic rings. The Balaban J connectivity index is 1.46. The van der Waals surface area contributed by atoms with Crippen molar-refractivity contribution in [2.24, 2.45) is 0 Å². The van der Waals surface area contributed by atoms with Gasteiger partial charge in [-0.3, -0.25) is 14.9 Å². The summed E-state index contributed by atoms with van der Waals surface area (Å²) in [6.45, 7) is 1.77. The molecule has 5 aromatic carbocycles. The van der Waals surface area contributed by atoms with Gasteiger partial charge in [0.25, 0.3) is 16.0 Å². The number of hydrogen-bond acceptors (Lipinski definition) is 9.